The first-order chi connectivity index (χ1) is 30.0. The minimum Gasteiger partial charge on any atom is -0.480 e. The van der Waals surface area contributed by atoms with Gasteiger partial charge in [0.1, 0.15) is 18.1 Å². The van der Waals surface area contributed by atoms with Crippen LogP contribution in [0.1, 0.15) is 107 Å². The van der Waals surface area contributed by atoms with Gasteiger partial charge < -0.3 is 50.4 Å². The number of hydrogen-bond donors (Lipinski definition) is 4. The topological polar surface area (TPSA) is 210 Å². The predicted octanol–water partition coefficient (Wildman–Crippen LogP) is 4.12. The van der Waals surface area contributed by atoms with Gasteiger partial charge in [-0.25, -0.2) is 4.79 Å². The molecule has 1 aromatic carbocycles. The summed E-state index contributed by atoms with van der Waals surface area (Å²) in [6.07, 6.45) is 1.13. The molecule has 0 saturated carbocycles. The van der Waals surface area contributed by atoms with E-state index in [0.29, 0.717) is 38.8 Å². The second-order valence-electron chi connectivity index (χ2n) is 19.1. The van der Waals surface area contributed by atoms with E-state index in [1.807, 2.05) is 73.6 Å². The highest BCUT2D eigenvalue weighted by Crippen LogP contribution is 2.30. The number of likely N-dealkylation sites (tertiary alicyclic amines) is 1. The molecule has 1 saturated heterocycles. The molecule has 16 nitrogen and oxygen atoms in total. The number of rotatable bonds is 27. The summed E-state index contributed by atoms with van der Waals surface area (Å²) in [7, 11) is 6.27. The van der Waals surface area contributed by atoms with Crippen LogP contribution in [0, 0.1) is 29.6 Å². The quantitative estimate of drug-likeness (QED) is 0.0987. The SMILES string of the molecule is CC[C@H](C)[C@@H]([C@@H](CC(=O)N1CCC[C@H]1[C@H](OC)[C@@H](C)C(=O)N[C@@H](Cc1ccccc1)C(=O)O)OC)N(C)C(=O)[C@@H](NC(=O)C(C(C)C)N(C)C(=O)C(C)COC(C)(C)CCN)C(C)C. The Morgan fingerprint density at radius 2 is 1.52 bits per heavy atom. The average molecular weight is 903 g/mol. The van der Waals surface area contributed by atoms with Crippen molar-refractivity contribution in [2.75, 3.05) is 48.0 Å². The Morgan fingerprint density at radius 3 is 2.03 bits per heavy atom. The van der Waals surface area contributed by atoms with E-state index in [1.54, 1.807) is 49.9 Å². The van der Waals surface area contributed by atoms with Gasteiger partial charge in [-0.15, -0.1) is 0 Å². The fourth-order valence-corrected chi connectivity index (χ4v) is 8.88. The van der Waals surface area contributed by atoms with Gasteiger partial charge in [-0.1, -0.05) is 92.1 Å². The molecule has 5 amide bonds. The number of benzene rings is 1. The number of carboxylic acids is 1. The van der Waals surface area contributed by atoms with Crippen LogP contribution < -0.4 is 16.4 Å². The summed E-state index contributed by atoms with van der Waals surface area (Å²) in [6.45, 7) is 19.7. The number of hydrogen-bond acceptors (Lipinski definition) is 10. The van der Waals surface area contributed by atoms with E-state index in [2.05, 4.69) is 10.6 Å². The molecular formula is C48H82N6O10. The van der Waals surface area contributed by atoms with E-state index in [0.717, 1.165) is 5.56 Å². The van der Waals surface area contributed by atoms with Crippen LogP contribution in [-0.4, -0.2) is 151 Å². The van der Waals surface area contributed by atoms with Gasteiger partial charge >= 0.3 is 5.97 Å². The number of carbonyl (C=O) groups is 6. The van der Waals surface area contributed by atoms with Gasteiger partial charge in [0.05, 0.1) is 54.8 Å². The number of methoxy groups -OCH3 is 2. The summed E-state index contributed by atoms with van der Waals surface area (Å²) in [4.78, 5) is 87.2. The second kappa shape index (κ2) is 26.1. The van der Waals surface area contributed by atoms with Crippen LogP contribution in [0.4, 0.5) is 0 Å². The first-order valence-corrected chi connectivity index (χ1v) is 23.1. The highest BCUT2D eigenvalue weighted by molar-refractivity contribution is 5.93. The number of aliphatic carboxylic acids is 1. The summed E-state index contributed by atoms with van der Waals surface area (Å²) in [5.74, 6) is -4.99. The van der Waals surface area contributed by atoms with Crippen LogP contribution in [0.25, 0.3) is 0 Å². The smallest absolute Gasteiger partial charge is 0.326 e. The molecule has 1 aliphatic heterocycles. The lowest BCUT2D eigenvalue weighted by atomic mass is 9.89. The van der Waals surface area contributed by atoms with Gasteiger partial charge in [-0.3, -0.25) is 24.0 Å². The lowest BCUT2D eigenvalue weighted by molar-refractivity contribution is -0.150. The molecule has 64 heavy (non-hydrogen) atoms. The number of carbonyl (C=O) groups excluding carboxylic acids is 5. The molecule has 364 valence electrons. The second-order valence-corrected chi connectivity index (χ2v) is 19.1. The summed E-state index contributed by atoms with van der Waals surface area (Å²) >= 11 is 0. The van der Waals surface area contributed by atoms with Gasteiger partial charge in [-0.2, -0.15) is 0 Å². The molecule has 0 bridgehead atoms. The van der Waals surface area contributed by atoms with E-state index in [4.69, 9.17) is 19.9 Å². The molecule has 1 aliphatic rings. The largest absolute Gasteiger partial charge is 0.480 e. The lowest BCUT2D eigenvalue weighted by Crippen LogP contribution is -2.60. The van der Waals surface area contributed by atoms with Gasteiger partial charge in [-0.05, 0) is 63.0 Å². The Hall–Kier alpha value is -4.12. The monoisotopic (exact) mass is 903 g/mol. The van der Waals surface area contributed by atoms with Crippen molar-refractivity contribution in [2.45, 2.75) is 156 Å². The number of nitrogens with two attached hydrogens (primary N) is 1. The van der Waals surface area contributed by atoms with E-state index in [-0.39, 0.29) is 54.9 Å². The van der Waals surface area contributed by atoms with Crippen molar-refractivity contribution in [3.05, 3.63) is 35.9 Å². The Morgan fingerprint density at radius 1 is 0.891 bits per heavy atom. The molecule has 0 aliphatic carbocycles. The third-order valence-electron chi connectivity index (χ3n) is 12.9. The molecule has 2 unspecified atom stereocenters. The highest BCUT2D eigenvalue weighted by Gasteiger charge is 2.44. The molecule has 0 aromatic heterocycles. The van der Waals surface area contributed by atoms with Crippen molar-refractivity contribution in [3.8, 4) is 0 Å². The number of carboxylic acid groups (broad SMARTS) is 1. The average Bonchev–Trinajstić information content (AvgIpc) is 3.73. The maximum atomic E-state index is 14.6. The minimum atomic E-state index is -1.15. The number of nitrogens with one attached hydrogen (secondary N) is 2. The van der Waals surface area contributed by atoms with Crippen LogP contribution in [0.3, 0.4) is 0 Å². The Kier molecular flexibility index (Phi) is 22.9. The standard InChI is InChI=1S/C48H82N6O10/c1-15-31(6)41(53(12)46(59)39(29(2)3)51-44(57)40(30(4)5)52(11)45(58)32(7)28-64-48(9,10)23-24-49)37(62-13)27-38(55)54-25-19-22-36(54)42(63-14)33(8)43(56)50-35(47(60)61)26-34-20-17-16-18-21-34/h16-18,20-21,29-33,35-37,39-42H,15,19,22-28,49H2,1-14H3,(H,50,56)(H,51,57)(H,60,61)/t31-,32?,33+,35-,36-,37+,39-,40?,41-,42+/m0/s1. The van der Waals surface area contributed by atoms with Crippen molar-refractivity contribution >= 4 is 35.5 Å². The maximum Gasteiger partial charge on any atom is 0.326 e. The molecule has 10 atom stereocenters. The van der Waals surface area contributed by atoms with Gasteiger partial charge in [0.2, 0.25) is 29.5 Å². The zero-order valence-corrected chi connectivity index (χ0v) is 41.2. The van der Waals surface area contributed by atoms with Crippen molar-refractivity contribution in [2.24, 2.45) is 35.3 Å². The number of ether oxygens (including phenoxy) is 3. The van der Waals surface area contributed by atoms with Gasteiger partial charge in [0.25, 0.3) is 0 Å². The van der Waals surface area contributed by atoms with Crippen LogP contribution >= 0.6 is 0 Å². The maximum absolute atomic E-state index is 14.6. The summed E-state index contributed by atoms with van der Waals surface area (Å²) in [5, 5.41) is 15.6. The zero-order valence-electron chi connectivity index (χ0n) is 41.2. The molecule has 5 N–H and O–H groups in total. The predicted molar refractivity (Wildman–Crippen MR) is 247 cm³/mol. The van der Waals surface area contributed by atoms with Gasteiger partial charge in [0, 0.05) is 41.3 Å². The van der Waals surface area contributed by atoms with E-state index >= 15 is 0 Å². The fraction of sp³-hybridized carbons (Fsp3) is 0.750. The highest BCUT2D eigenvalue weighted by atomic mass is 16.5. The van der Waals surface area contributed by atoms with Crippen molar-refractivity contribution in [3.63, 3.8) is 0 Å². The molecule has 1 aromatic rings. The van der Waals surface area contributed by atoms with Crippen LogP contribution in [0.5, 0.6) is 0 Å². The Balaban J connectivity index is 2.29. The first-order valence-electron chi connectivity index (χ1n) is 23.1. The first kappa shape index (κ1) is 56.0. The normalized spacial score (nSPS) is 18.6. The summed E-state index contributed by atoms with van der Waals surface area (Å²) in [6, 6.07) is 5.05. The third kappa shape index (κ3) is 15.5. The van der Waals surface area contributed by atoms with E-state index in [9.17, 15) is 33.9 Å². The summed E-state index contributed by atoms with van der Waals surface area (Å²) < 4.78 is 18.0. The van der Waals surface area contributed by atoms with Crippen molar-refractivity contribution in [1.29, 1.82) is 0 Å². The zero-order chi connectivity index (χ0) is 48.6. The van der Waals surface area contributed by atoms with Crippen LogP contribution in [0.15, 0.2) is 30.3 Å². The number of likely N-dealkylation sites (N-methyl/N-ethyl adjacent to an activating group) is 2. The number of nitrogens with zero attached hydrogens (tertiary/aromatic N) is 3. The van der Waals surface area contributed by atoms with Crippen molar-refractivity contribution in [1.82, 2.24) is 25.3 Å². The van der Waals surface area contributed by atoms with Gasteiger partial charge in [0.15, 0.2) is 0 Å². The Bertz CT molecular complexity index is 1660. The third-order valence-corrected chi connectivity index (χ3v) is 12.9. The Labute approximate surface area is 383 Å². The summed E-state index contributed by atoms with van der Waals surface area (Å²) in [5.41, 5.74) is 6.00. The minimum absolute atomic E-state index is 0.0683. The molecule has 0 spiro atoms. The molecule has 1 fully saturated rings. The molecular weight excluding hydrogens is 821 g/mol. The molecule has 2 rings (SSSR count). The fourth-order valence-electron chi connectivity index (χ4n) is 8.88. The molecule has 1 heterocycles. The van der Waals surface area contributed by atoms with E-state index in [1.165, 1.54) is 19.1 Å². The molecule has 16 heteroatoms. The van der Waals surface area contributed by atoms with Crippen molar-refractivity contribution < 1.29 is 48.1 Å². The van der Waals surface area contributed by atoms with E-state index < -0.39 is 77.6 Å². The lowest BCUT2D eigenvalue weighted by Gasteiger charge is -2.41. The van der Waals surface area contributed by atoms with Crippen LogP contribution in [-0.2, 0) is 49.4 Å². The molecule has 0 radical (unpaired) electrons. The van der Waals surface area contributed by atoms with Crippen LogP contribution in [0.2, 0.25) is 0 Å². The number of amides is 5.